The Kier molecular flexibility index (Phi) is 6.67. The summed E-state index contributed by atoms with van der Waals surface area (Å²) >= 11 is 0. The van der Waals surface area contributed by atoms with Crippen LogP contribution in [0.15, 0.2) is 53.7 Å². The molecule has 172 valence electrons. The van der Waals surface area contributed by atoms with Crippen molar-refractivity contribution in [3.8, 4) is 11.4 Å². The number of hydrogen-bond acceptors (Lipinski definition) is 6. The second-order valence-electron chi connectivity index (χ2n) is 8.05. The number of aromatic nitrogens is 3. The van der Waals surface area contributed by atoms with Crippen molar-refractivity contribution in [1.82, 2.24) is 14.5 Å². The second-order valence-corrected chi connectivity index (χ2v) is 8.05. The molecule has 1 saturated heterocycles. The lowest BCUT2D eigenvalue weighted by Crippen LogP contribution is -2.39. The predicted octanol–water partition coefficient (Wildman–Crippen LogP) is 2.87. The third-order valence-electron chi connectivity index (χ3n) is 5.64. The summed E-state index contributed by atoms with van der Waals surface area (Å²) in [5.74, 6) is -0.286. The molecule has 0 atom stereocenters. The zero-order chi connectivity index (χ0) is 23.4. The number of nitrogens with zero attached hydrogens (tertiary/aromatic N) is 4. The first-order valence-corrected chi connectivity index (χ1v) is 11.0. The molecule has 1 amide bonds. The van der Waals surface area contributed by atoms with Gasteiger partial charge in [0.1, 0.15) is 17.7 Å². The van der Waals surface area contributed by atoms with Crippen molar-refractivity contribution in [1.29, 1.82) is 0 Å². The van der Waals surface area contributed by atoms with Crippen molar-refractivity contribution in [2.24, 2.45) is 5.73 Å². The third kappa shape index (κ3) is 5.19. The molecule has 0 saturated carbocycles. The van der Waals surface area contributed by atoms with Crippen molar-refractivity contribution in [3.05, 3.63) is 76.2 Å². The van der Waals surface area contributed by atoms with Crippen LogP contribution in [0.5, 0.6) is 5.75 Å². The Bertz CT molecular complexity index is 1190. The fourth-order valence-corrected chi connectivity index (χ4v) is 3.88. The molecule has 2 N–H and O–H groups in total. The number of carbonyl (C=O) groups is 1. The number of nitrogens with two attached hydrogens (primary N) is 1. The minimum absolute atomic E-state index is 0.0369. The van der Waals surface area contributed by atoms with Crippen molar-refractivity contribution in [3.63, 3.8) is 0 Å². The summed E-state index contributed by atoms with van der Waals surface area (Å²) in [6, 6.07) is 6.72. The highest BCUT2D eigenvalue weighted by molar-refractivity contribution is 5.92. The number of hydrogen-bond donors (Lipinski definition) is 1. The van der Waals surface area contributed by atoms with Gasteiger partial charge in [-0.2, -0.15) is 0 Å². The summed E-state index contributed by atoms with van der Waals surface area (Å²) < 4.78 is 21.5. The average Bonchev–Trinajstić information content (AvgIpc) is 2.81. The number of pyridine rings is 1. The summed E-state index contributed by atoms with van der Waals surface area (Å²) in [7, 11) is 0. The molecule has 33 heavy (non-hydrogen) atoms. The van der Waals surface area contributed by atoms with E-state index in [0.29, 0.717) is 5.75 Å². The molecule has 0 unspecified atom stereocenters. The number of halogens is 1. The first-order valence-electron chi connectivity index (χ1n) is 11.0. The van der Waals surface area contributed by atoms with Gasteiger partial charge >= 0.3 is 0 Å². The van der Waals surface area contributed by atoms with Crippen molar-refractivity contribution < 1.29 is 13.9 Å². The Morgan fingerprint density at radius 3 is 2.52 bits per heavy atom. The number of piperidine rings is 1. The van der Waals surface area contributed by atoms with Crippen LogP contribution < -0.4 is 20.9 Å². The van der Waals surface area contributed by atoms with Crippen LogP contribution in [-0.2, 0) is 6.42 Å². The minimum Gasteiger partial charge on any atom is -0.490 e. The first kappa shape index (κ1) is 22.4. The smallest absolute Gasteiger partial charge is 0.258 e. The number of amides is 1. The maximum Gasteiger partial charge on any atom is 0.258 e. The highest BCUT2D eigenvalue weighted by atomic mass is 19.1. The van der Waals surface area contributed by atoms with Gasteiger partial charge < -0.3 is 15.4 Å². The van der Waals surface area contributed by atoms with Gasteiger partial charge in [0.2, 0.25) is 11.9 Å². The van der Waals surface area contributed by atoms with Crippen LogP contribution in [0.25, 0.3) is 5.69 Å². The monoisotopic (exact) mass is 451 g/mol. The summed E-state index contributed by atoms with van der Waals surface area (Å²) in [6.07, 6.45) is 8.76. The third-order valence-corrected chi connectivity index (χ3v) is 5.64. The Morgan fingerprint density at radius 2 is 1.91 bits per heavy atom. The molecule has 2 aromatic heterocycles. The lowest BCUT2D eigenvalue weighted by atomic mass is 10.1. The van der Waals surface area contributed by atoms with E-state index in [1.165, 1.54) is 24.4 Å². The number of ether oxygens (including phenoxy) is 1. The molecule has 3 heterocycles. The summed E-state index contributed by atoms with van der Waals surface area (Å²) in [6.45, 7) is 3.64. The van der Waals surface area contributed by atoms with Crippen LogP contribution in [0.1, 0.15) is 42.1 Å². The summed E-state index contributed by atoms with van der Waals surface area (Å²) in [4.78, 5) is 34.8. The molecular weight excluding hydrogens is 425 g/mol. The maximum atomic E-state index is 14.4. The van der Waals surface area contributed by atoms with Crippen molar-refractivity contribution >= 4 is 11.9 Å². The molecule has 0 radical (unpaired) electrons. The van der Waals surface area contributed by atoms with E-state index in [1.807, 2.05) is 12.4 Å². The number of carbonyl (C=O) groups excluding carboxylic acids is 1. The van der Waals surface area contributed by atoms with Gasteiger partial charge in [0.25, 0.3) is 5.56 Å². The van der Waals surface area contributed by atoms with Gasteiger partial charge in [-0.05, 0) is 36.2 Å². The van der Waals surface area contributed by atoms with Crippen LogP contribution >= 0.6 is 0 Å². The van der Waals surface area contributed by atoms with E-state index in [-0.39, 0.29) is 17.4 Å². The Morgan fingerprint density at radius 1 is 1.18 bits per heavy atom. The molecule has 1 fully saturated rings. The molecular formula is C24H26FN5O3. The lowest BCUT2D eigenvalue weighted by Gasteiger charge is -2.32. The maximum absolute atomic E-state index is 14.4. The standard InChI is InChI=1S/C24H26FN5O3/c1-2-3-16-14-27-24(28-15-16)29-9-6-18(7-10-29)33-19-8-11-30(22(31)13-19)21-5-4-17(23(26)32)12-20(21)25/h4-5,8,11-15,18H,2-3,6-7,9-10H2,1H3,(H2,26,32). The topological polar surface area (TPSA) is 103 Å². The molecule has 3 aromatic rings. The molecule has 9 heteroatoms. The summed E-state index contributed by atoms with van der Waals surface area (Å²) in [5.41, 5.74) is 5.95. The van der Waals surface area contributed by atoms with E-state index in [4.69, 9.17) is 10.5 Å². The first-order chi connectivity index (χ1) is 15.9. The van der Waals surface area contributed by atoms with Crippen molar-refractivity contribution in [2.75, 3.05) is 18.0 Å². The molecule has 8 nitrogen and oxygen atoms in total. The van der Waals surface area contributed by atoms with Gasteiger partial charge in [-0.25, -0.2) is 14.4 Å². The highest BCUT2D eigenvalue weighted by Crippen LogP contribution is 2.21. The molecule has 0 aliphatic carbocycles. The number of benzene rings is 1. The van der Waals surface area contributed by atoms with Gasteiger partial charge in [-0.1, -0.05) is 13.3 Å². The highest BCUT2D eigenvalue weighted by Gasteiger charge is 2.22. The van der Waals surface area contributed by atoms with Crippen LogP contribution in [0, 0.1) is 5.82 Å². The number of rotatable bonds is 7. The van der Waals surface area contributed by atoms with Gasteiger partial charge in [0.05, 0.1) is 5.69 Å². The zero-order valence-electron chi connectivity index (χ0n) is 18.4. The Hall–Kier alpha value is -3.75. The van der Waals surface area contributed by atoms with Gasteiger partial charge in [-0.3, -0.25) is 14.2 Å². The van der Waals surface area contributed by atoms with E-state index in [9.17, 15) is 14.0 Å². The fraction of sp³-hybridized carbons (Fsp3) is 0.333. The number of anilines is 1. The zero-order valence-corrected chi connectivity index (χ0v) is 18.4. The summed E-state index contributed by atoms with van der Waals surface area (Å²) in [5, 5.41) is 0. The molecule has 0 spiro atoms. The SMILES string of the molecule is CCCc1cnc(N2CCC(Oc3ccn(-c4ccc(C(N)=O)cc4F)c(=O)c3)CC2)nc1. The number of primary amides is 1. The van der Waals surface area contributed by atoms with Crippen LogP contribution in [0.2, 0.25) is 0 Å². The Balaban J connectivity index is 1.38. The van der Waals surface area contributed by atoms with Gasteiger partial charge in [-0.15, -0.1) is 0 Å². The minimum atomic E-state index is -0.734. The van der Waals surface area contributed by atoms with E-state index in [0.717, 1.165) is 60.9 Å². The van der Waals surface area contributed by atoms with E-state index in [1.54, 1.807) is 6.07 Å². The fourth-order valence-electron chi connectivity index (χ4n) is 3.88. The second kappa shape index (κ2) is 9.81. The van der Waals surface area contributed by atoms with E-state index < -0.39 is 17.3 Å². The van der Waals surface area contributed by atoms with Crippen LogP contribution in [-0.4, -0.2) is 39.6 Å². The number of aryl methyl sites for hydroxylation is 1. The van der Waals surface area contributed by atoms with E-state index >= 15 is 0 Å². The predicted molar refractivity (Wildman–Crippen MR) is 122 cm³/mol. The molecule has 0 bridgehead atoms. The molecule has 1 aromatic carbocycles. The average molecular weight is 452 g/mol. The van der Waals surface area contributed by atoms with Gasteiger partial charge in [0.15, 0.2) is 0 Å². The van der Waals surface area contributed by atoms with Gasteiger partial charge in [0, 0.05) is 56.2 Å². The van der Waals surface area contributed by atoms with Crippen molar-refractivity contribution in [2.45, 2.75) is 38.7 Å². The van der Waals surface area contributed by atoms with Crippen LogP contribution in [0.4, 0.5) is 10.3 Å². The molecule has 4 rings (SSSR count). The Labute approximate surface area is 190 Å². The molecule has 1 aliphatic heterocycles. The quantitative estimate of drug-likeness (QED) is 0.593. The lowest BCUT2D eigenvalue weighted by molar-refractivity contribution is 0.1000. The van der Waals surface area contributed by atoms with Crippen LogP contribution in [0.3, 0.4) is 0 Å². The largest absolute Gasteiger partial charge is 0.490 e. The van der Waals surface area contributed by atoms with E-state index in [2.05, 4.69) is 21.8 Å². The normalized spacial score (nSPS) is 14.3. The molecule has 1 aliphatic rings.